The van der Waals surface area contributed by atoms with Gasteiger partial charge in [-0.25, -0.2) is 0 Å². The lowest BCUT2D eigenvalue weighted by Crippen LogP contribution is -2.51. The quantitative estimate of drug-likeness (QED) is 0.239. The zero-order valence-corrected chi connectivity index (χ0v) is 23.2. The van der Waals surface area contributed by atoms with Crippen molar-refractivity contribution in [3.8, 4) is 5.75 Å². The highest BCUT2D eigenvalue weighted by Crippen LogP contribution is 2.27. The molecule has 36 heavy (non-hydrogen) atoms. The Balaban J connectivity index is 1.88. The molecule has 5 nitrogen and oxygen atoms in total. The number of carbonyl (C=O) groups is 2. The zero-order chi connectivity index (χ0) is 25.9. The fourth-order valence-corrected chi connectivity index (χ4v) is 4.39. The van der Waals surface area contributed by atoms with Crippen molar-refractivity contribution in [1.29, 1.82) is 0 Å². The fourth-order valence-electron chi connectivity index (χ4n) is 3.66. The van der Waals surface area contributed by atoms with E-state index in [1.807, 2.05) is 54.6 Å². The Kier molecular flexibility index (Phi) is 11.1. The third-order valence-corrected chi connectivity index (χ3v) is 6.67. The number of benzene rings is 3. The molecule has 3 aromatic carbocycles. The molecule has 0 heterocycles. The van der Waals surface area contributed by atoms with E-state index in [0.29, 0.717) is 28.8 Å². The number of unbranched alkanes of at least 4 members (excludes halogenated alkanes) is 1. The van der Waals surface area contributed by atoms with E-state index in [-0.39, 0.29) is 25.0 Å². The van der Waals surface area contributed by atoms with Gasteiger partial charge in [-0.2, -0.15) is 0 Å². The molecule has 0 radical (unpaired) electrons. The van der Waals surface area contributed by atoms with Crippen molar-refractivity contribution in [3.63, 3.8) is 0 Å². The lowest BCUT2D eigenvalue weighted by molar-refractivity contribution is -0.142. The molecule has 2 amide bonds. The number of carbonyl (C=O) groups excluding carboxylic acids is 2. The average Bonchev–Trinajstić information content (AvgIpc) is 2.87. The summed E-state index contributed by atoms with van der Waals surface area (Å²) < 4.78 is 6.68. The van der Waals surface area contributed by atoms with E-state index in [9.17, 15) is 9.59 Å². The van der Waals surface area contributed by atoms with E-state index < -0.39 is 6.04 Å². The molecule has 0 saturated carbocycles. The summed E-state index contributed by atoms with van der Waals surface area (Å²) in [5, 5.41) is 3.79. The second-order valence-electron chi connectivity index (χ2n) is 8.36. The molecular weight excluding hydrogens is 563 g/mol. The summed E-state index contributed by atoms with van der Waals surface area (Å²) in [6.45, 7) is 2.60. The van der Waals surface area contributed by atoms with Gasteiger partial charge in [-0.1, -0.05) is 94.9 Å². The third kappa shape index (κ3) is 8.54. The lowest BCUT2D eigenvalue weighted by atomic mass is 10.0. The van der Waals surface area contributed by atoms with E-state index in [1.165, 1.54) is 0 Å². The molecule has 0 spiro atoms. The number of nitrogens with one attached hydrogen (secondary N) is 1. The molecule has 0 unspecified atom stereocenters. The van der Waals surface area contributed by atoms with Gasteiger partial charge in [-0.05, 0) is 47.9 Å². The fraction of sp³-hybridized carbons (Fsp3) is 0.286. The highest BCUT2D eigenvalue weighted by Gasteiger charge is 2.30. The molecule has 3 aromatic rings. The van der Waals surface area contributed by atoms with E-state index >= 15 is 0 Å². The number of halogens is 3. The first-order valence-corrected chi connectivity index (χ1v) is 13.4. The summed E-state index contributed by atoms with van der Waals surface area (Å²) in [5.41, 5.74) is 1.86. The molecule has 0 aliphatic rings. The van der Waals surface area contributed by atoms with Gasteiger partial charge in [0, 0.05) is 29.0 Å². The van der Waals surface area contributed by atoms with Crippen LogP contribution in [0.4, 0.5) is 0 Å². The van der Waals surface area contributed by atoms with Crippen molar-refractivity contribution in [2.45, 2.75) is 38.8 Å². The summed E-state index contributed by atoms with van der Waals surface area (Å²) in [6.07, 6.45) is 2.20. The molecule has 0 aliphatic heterocycles. The molecule has 0 aromatic heterocycles. The van der Waals surface area contributed by atoms with Gasteiger partial charge < -0.3 is 15.0 Å². The van der Waals surface area contributed by atoms with Crippen LogP contribution in [0.1, 0.15) is 30.9 Å². The van der Waals surface area contributed by atoms with Crippen LogP contribution in [0.3, 0.4) is 0 Å². The second kappa shape index (κ2) is 14.3. The minimum Gasteiger partial charge on any atom is -0.482 e. The molecule has 8 heteroatoms. The molecule has 190 valence electrons. The first kappa shape index (κ1) is 28.0. The normalized spacial score (nSPS) is 11.6. The predicted molar refractivity (Wildman–Crippen MR) is 149 cm³/mol. The minimum atomic E-state index is -0.718. The summed E-state index contributed by atoms with van der Waals surface area (Å²) in [5.74, 6) is -0.164. The van der Waals surface area contributed by atoms with Gasteiger partial charge in [0.2, 0.25) is 5.91 Å². The van der Waals surface area contributed by atoms with E-state index in [0.717, 1.165) is 28.4 Å². The largest absolute Gasteiger partial charge is 0.482 e. The standard InChI is InChI=1S/C28H29BrCl2N2O3/c1-2-3-15-32-28(35)25(16-20-7-5-4-6-8-20)33(18-21-9-11-22(29)12-10-21)27(34)19-36-26-14-13-23(30)17-24(26)31/h4-14,17,25H,2-3,15-16,18-19H2,1H3,(H,32,35)/t25-/m1/s1. The second-order valence-corrected chi connectivity index (χ2v) is 10.1. The maximum absolute atomic E-state index is 13.6. The van der Waals surface area contributed by atoms with Gasteiger partial charge in [0.25, 0.3) is 5.91 Å². The Morgan fingerprint density at radius 1 is 1.00 bits per heavy atom. The van der Waals surface area contributed by atoms with E-state index in [2.05, 4.69) is 28.2 Å². The Labute approximate surface area is 230 Å². The van der Waals surface area contributed by atoms with E-state index in [4.69, 9.17) is 27.9 Å². The molecule has 0 aliphatic carbocycles. The van der Waals surface area contributed by atoms with Crippen molar-refractivity contribution in [2.75, 3.05) is 13.2 Å². The van der Waals surface area contributed by atoms with Crippen molar-refractivity contribution >= 4 is 50.9 Å². The zero-order valence-electron chi connectivity index (χ0n) is 20.1. The first-order valence-electron chi connectivity index (χ1n) is 11.8. The number of rotatable bonds is 12. The molecule has 3 rings (SSSR count). The molecule has 0 saturated heterocycles. The van der Waals surface area contributed by atoms with Crippen molar-refractivity contribution in [2.24, 2.45) is 0 Å². The Bertz CT molecular complexity index is 1140. The monoisotopic (exact) mass is 590 g/mol. The van der Waals surface area contributed by atoms with Gasteiger partial charge in [-0.15, -0.1) is 0 Å². The maximum atomic E-state index is 13.6. The Hall–Kier alpha value is -2.54. The van der Waals surface area contributed by atoms with E-state index in [1.54, 1.807) is 23.1 Å². The smallest absolute Gasteiger partial charge is 0.261 e. The Morgan fingerprint density at radius 2 is 1.72 bits per heavy atom. The maximum Gasteiger partial charge on any atom is 0.261 e. The molecule has 0 bridgehead atoms. The third-order valence-electron chi connectivity index (χ3n) is 5.61. The summed E-state index contributed by atoms with van der Waals surface area (Å²) >= 11 is 15.6. The van der Waals surface area contributed by atoms with Gasteiger partial charge in [0.05, 0.1) is 5.02 Å². The van der Waals surface area contributed by atoms with Gasteiger partial charge in [0.1, 0.15) is 11.8 Å². The average molecular weight is 592 g/mol. The van der Waals surface area contributed by atoms with Crippen LogP contribution < -0.4 is 10.1 Å². The molecule has 1 N–H and O–H groups in total. The van der Waals surface area contributed by atoms with Crippen LogP contribution >= 0.6 is 39.1 Å². The van der Waals surface area contributed by atoms with Crippen LogP contribution in [0.15, 0.2) is 77.3 Å². The predicted octanol–water partition coefficient (Wildman–Crippen LogP) is 6.69. The Morgan fingerprint density at radius 3 is 2.39 bits per heavy atom. The summed E-state index contributed by atoms with van der Waals surface area (Å²) in [7, 11) is 0. The van der Waals surface area contributed by atoms with Crippen LogP contribution in [0, 0.1) is 0 Å². The molecule has 0 fully saturated rings. The molecule has 1 atom stereocenters. The van der Waals surface area contributed by atoms with Crippen LogP contribution in [0.2, 0.25) is 10.0 Å². The first-order chi connectivity index (χ1) is 17.4. The van der Waals surface area contributed by atoms with Crippen LogP contribution in [0.5, 0.6) is 5.75 Å². The van der Waals surface area contributed by atoms with Crippen LogP contribution in [0.25, 0.3) is 0 Å². The minimum absolute atomic E-state index is 0.192. The van der Waals surface area contributed by atoms with Crippen molar-refractivity contribution < 1.29 is 14.3 Å². The number of nitrogens with zero attached hydrogens (tertiary/aromatic N) is 1. The van der Waals surface area contributed by atoms with Gasteiger partial charge in [0.15, 0.2) is 6.61 Å². The van der Waals surface area contributed by atoms with Crippen LogP contribution in [-0.4, -0.2) is 35.9 Å². The molecular formula is C28H29BrCl2N2O3. The van der Waals surface area contributed by atoms with Crippen molar-refractivity contribution in [3.05, 3.63) is 98.4 Å². The SMILES string of the molecule is CCCCNC(=O)[C@@H](Cc1ccccc1)N(Cc1ccc(Br)cc1)C(=O)COc1ccc(Cl)cc1Cl. The summed E-state index contributed by atoms with van der Waals surface area (Å²) in [6, 6.07) is 21.5. The lowest BCUT2D eigenvalue weighted by Gasteiger charge is -2.31. The van der Waals surface area contributed by atoms with Gasteiger partial charge >= 0.3 is 0 Å². The van der Waals surface area contributed by atoms with Gasteiger partial charge in [-0.3, -0.25) is 9.59 Å². The van der Waals surface area contributed by atoms with Crippen LogP contribution in [-0.2, 0) is 22.6 Å². The topological polar surface area (TPSA) is 58.6 Å². The number of hydrogen-bond donors (Lipinski definition) is 1. The summed E-state index contributed by atoms with van der Waals surface area (Å²) in [4.78, 5) is 28.5. The highest BCUT2D eigenvalue weighted by atomic mass is 79.9. The number of amides is 2. The number of ether oxygens (including phenoxy) is 1. The number of hydrogen-bond acceptors (Lipinski definition) is 3. The van der Waals surface area contributed by atoms with Crippen molar-refractivity contribution in [1.82, 2.24) is 10.2 Å². The highest BCUT2D eigenvalue weighted by molar-refractivity contribution is 9.10.